The van der Waals surface area contributed by atoms with E-state index in [4.69, 9.17) is 10.5 Å². The van der Waals surface area contributed by atoms with Crippen molar-refractivity contribution in [1.29, 1.82) is 0 Å². The molecule has 0 spiro atoms. The summed E-state index contributed by atoms with van der Waals surface area (Å²) in [4.78, 5) is 13.8. The zero-order valence-corrected chi connectivity index (χ0v) is 10.4. The number of carbonyl (C=O) groups excluding carboxylic acids is 1. The summed E-state index contributed by atoms with van der Waals surface area (Å²) in [6.45, 7) is 6.29. The fourth-order valence-electron chi connectivity index (χ4n) is 2.05. The van der Waals surface area contributed by atoms with E-state index in [0.29, 0.717) is 6.42 Å². The summed E-state index contributed by atoms with van der Waals surface area (Å²) >= 11 is 0. The standard InChI is InChI=1S/C12H24N2O2/c1-3-16-11-5-4-8-14(9-11)12(15)7-6-10(2)13/h10-11H,3-9,13H2,1-2H3. The molecule has 1 aliphatic rings. The monoisotopic (exact) mass is 228 g/mol. The van der Waals surface area contributed by atoms with Crippen molar-refractivity contribution in [2.45, 2.75) is 51.7 Å². The molecule has 0 aromatic rings. The summed E-state index contributed by atoms with van der Waals surface area (Å²) in [6.07, 6.45) is 3.70. The second-order valence-corrected chi connectivity index (χ2v) is 4.58. The summed E-state index contributed by atoms with van der Waals surface area (Å²) in [5.41, 5.74) is 5.65. The highest BCUT2D eigenvalue weighted by atomic mass is 16.5. The van der Waals surface area contributed by atoms with Crippen LogP contribution < -0.4 is 5.73 Å². The first-order chi connectivity index (χ1) is 7.63. The molecule has 1 saturated heterocycles. The maximum absolute atomic E-state index is 11.9. The van der Waals surface area contributed by atoms with Crippen LogP contribution in [0.1, 0.15) is 39.5 Å². The van der Waals surface area contributed by atoms with Gasteiger partial charge in [0.05, 0.1) is 6.10 Å². The van der Waals surface area contributed by atoms with E-state index in [1.54, 1.807) is 0 Å². The fraction of sp³-hybridized carbons (Fsp3) is 0.917. The lowest BCUT2D eigenvalue weighted by molar-refractivity contribution is -0.135. The third-order valence-corrected chi connectivity index (χ3v) is 2.95. The molecule has 94 valence electrons. The number of rotatable bonds is 5. The van der Waals surface area contributed by atoms with Gasteiger partial charge in [-0.2, -0.15) is 0 Å². The molecular weight excluding hydrogens is 204 g/mol. The second kappa shape index (κ2) is 6.86. The van der Waals surface area contributed by atoms with Gasteiger partial charge in [0.2, 0.25) is 5.91 Å². The first kappa shape index (κ1) is 13.5. The van der Waals surface area contributed by atoms with Crippen molar-refractivity contribution < 1.29 is 9.53 Å². The van der Waals surface area contributed by atoms with E-state index in [1.165, 1.54) is 0 Å². The molecule has 0 aromatic carbocycles. The molecule has 0 aliphatic carbocycles. The van der Waals surface area contributed by atoms with Gasteiger partial charge in [-0.05, 0) is 33.1 Å². The number of hydrogen-bond donors (Lipinski definition) is 1. The van der Waals surface area contributed by atoms with Crippen LogP contribution in [0.4, 0.5) is 0 Å². The Labute approximate surface area is 98.1 Å². The SMILES string of the molecule is CCOC1CCCN(C(=O)CCC(C)N)C1. The maximum atomic E-state index is 11.9. The minimum absolute atomic E-state index is 0.108. The van der Waals surface area contributed by atoms with Gasteiger partial charge < -0.3 is 15.4 Å². The highest BCUT2D eigenvalue weighted by Crippen LogP contribution is 2.14. The number of amides is 1. The van der Waals surface area contributed by atoms with Gasteiger partial charge in [-0.1, -0.05) is 0 Å². The summed E-state index contributed by atoms with van der Waals surface area (Å²) < 4.78 is 5.57. The largest absolute Gasteiger partial charge is 0.377 e. The van der Waals surface area contributed by atoms with E-state index in [-0.39, 0.29) is 18.1 Å². The molecule has 1 fully saturated rings. The molecule has 4 heteroatoms. The Kier molecular flexibility index (Phi) is 5.77. The maximum Gasteiger partial charge on any atom is 0.222 e. The summed E-state index contributed by atoms with van der Waals surface area (Å²) in [5, 5.41) is 0. The van der Waals surface area contributed by atoms with Gasteiger partial charge in [-0.25, -0.2) is 0 Å². The third kappa shape index (κ3) is 4.49. The zero-order chi connectivity index (χ0) is 12.0. The summed E-state index contributed by atoms with van der Waals surface area (Å²) in [5.74, 6) is 0.224. The van der Waals surface area contributed by atoms with E-state index in [9.17, 15) is 4.79 Å². The van der Waals surface area contributed by atoms with Crippen molar-refractivity contribution in [3.8, 4) is 0 Å². The topological polar surface area (TPSA) is 55.6 Å². The van der Waals surface area contributed by atoms with Crippen molar-refractivity contribution in [1.82, 2.24) is 4.90 Å². The van der Waals surface area contributed by atoms with Crippen LogP contribution in [0.15, 0.2) is 0 Å². The Hall–Kier alpha value is -0.610. The lowest BCUT2D eigenvalue weighted by atomic mass is 10.1. The predicted octanol–water partition coefficient (Wildman–Crippen LogP) is 1.14. The number of nitrogens with zero attached hydrogens (tertiary/aromatic N) is 1. The number of nitrogens with two attached hydrogens (primary N) is 1. The smallest absolute Gasteiger partial charge is 0.222 e. The molecule has 0 radical (unpaired) electrons. The summed E-state index contributed by atoms with van der Waals surface area (Å²) in [6, 6.07) is 0.108. The molecule has 2 N–H and O–H groups in total. The van der Waals surface area contributed by atoms with Crippen LogP contribution in [0.5, 0.6) is 0 Å². The van der Waals surface area contributed by atoms with Crippen LogP contribution in [0, 0.1) is 0 Å². The highest BCUT2D eigenvalue weighted by molar-refractivity contribution is 5.76. The first-order valence-corrected chi connectivity index (χ1v) is 6.28. The van der Waals surface area contributed by atoms with Gasteiger partial charge in [0.25, 0.3) is 0 Å². The van der Waals surface area contributed by atoms with Crippen molar-refractivity contribution in [3.63, 3.8) is 0 Å². The highest BCUT2D eigenvalue weighted by Gasteiger charge is 2.23. The Morgan fingerprint density at radius 2 is 2.38 bits per heavy atom. The van der Waals surface area contributed by atoms with E-state index in [2.05, 4.69) is 0 Å². The molecule has 1 aliphatic heterocycles. The first-order valence-electron chi connectivity index (χ1n) is 6.28. The molecule has 4 nitrogen and oxygen atoms in total. The number of hydrogen-bond acceptors (Lipinski definition) is 3. The van der Waals surface area contributed by atoms with Gasteiger partial charge in [-0.3, -0.25) is 4.79 Å². The fourth-order valence-corrected chi connectivity index (χ4v) is 2.05. The molecule has 1 heterocycles. The van der Waals surface area contributed by atoms with Gasteiger partial charge in [0.15, 0.2) is 0 Å². The van der Waals surface area contributed by atoms with Gasteiger partial charge in [0, 0.05) is 32.2 Å². The lowest BCUT2D eigenvalue weighted by Crippen LogP contribution is -2.43. The minimum atomic E-state index is 0.108. The Bertz CT molecular complexity index is 217. The van der Waals surface area contributed by atoms with Crippen LogP contribution in [0.25, 0.3) is 0 Å². The Morgan fingerprint density at radius 1 is 1.62 bits per heavy atom. The second-order valence-electron chi connectivity index (χ2n) is 4.58. The van der Waals surface area contributed by atoms with Gasteiger partial charge >= 0.3 is 0 Å². The molecule has 2 atom stereocenters. The van der Waals surface area contributed by atoms with Crippen LogP contribution in [0.2, 0.25) is 0 Å². The molecule has 0 saturated carbocycles. The molecule has 0 aromatic heterocycles. The van der Waals surface area contributed by atoms with E-state index >= 15 is 0 Å². The minimum Gasteiger partial charge on any atom is -0.377 e. The van der Waals surface area contributed by atoms with Crippen LogP contribution in [-0.4, -0.2) is 42.6 Å². The molecule has 0 bridgehead atoms. The molecule has 1 amide bonds. The number of piperidine rings is 1. The summed E-state index contributed by atoms with van der Waals surface area (Å²) in [7, 11) is 0. The van der Waals surface area contributed by atoms with Crippen molar-refractivity contribution in [3.05, 3.63) is 0 Å². The van der Waals surface area contributed by atoms with Crippen molar-refractivity contribution in [2.24, 2.45) is 5.73 Å². The van der Waals surface area contributed by atoms with E-state index in [1.807, 2.05) is 18.7 Å². The van der Waals surface area contributed by atoms with E-state index < -0.39 is 0 Å². The number of likely N-dealkylation sites (tertiary alicyclic amines) is 1. The molecular formula is C12H24N2O2. The van der Waals surface area contributed by atoms with Crippen LogP contribution in [-0.2, 0) is 9.53 Å². The molecule has 2 unspecified atom stereocenters. The zero-order valence-electron chi connectivity index (χ0n) is 10.4. The Balaban J connectivity index is 2.32. The molecule has 16 heavy (non-hydrogen) atoms. The average molecular weight is 228 g/mol. The van der Waals surface area contributed by atoms with Crippen LogP contribution >= 0.6 is 0 Å². The van der Waals surface area contributed by atoms with Crippen molar-refractivity contribution in [2.75, 3.05) is 19.7 Å². The quantitative estimate of drug-likeness (QED) is 0.767. The predicted molar refractivity (Wildman–Crippen MR) is 64.1 cm³/mol. The van der Waals surface area contributed by atoms with Gasteiger partial charge in [-0.15, -0.1) is 0 Å². The van der Waals surface area contributed by atoms with Crippen LogP contribution in [0.3, 0.4) is 0 Å². The van der Waals surface area contributed by atoms with E-state index in [0.717, 1.165) is 39.0 Å². The lowest BCUT2D eigenvalue weighted by Gasteiger charge is -2.32. The normalized spacial score (nSPS) is 23.2. The number of carbonyl (C=O) groups is 1. The Morgan fingerprint density at radius 3 is 3.00 bits per heavy atom. The van der Waals surface area contributed by atoms with Crippen molar-refractivity contribution >= 4 is 5.91 Å². The number of ether oxygens (including phenoxy) is 1. The van der Waals surface area contributed by atoms with Gasteiger partial charge in [0.1, 0.15) is 0 Å². The third-order valence-electron chi connectivity index (χ3n) is 2.95. The average Bonchev–Trinajstić information content (AvgIpc) is 2.26. The molecule has 1 rings (SSSR count).